The van der Waals surface area contributed by atoms with E-state index in [1.54, 1.807) is 0 Å². The van der Waals surface area contributed by atoms with Crippen molar-refractivity contribution in [2.24, 2.45) is 5.92 Å². The highest BCUT2D eigenvalue weighted by Crippen LogP contribution is 2.11. The molecule has 1 aromatic heterocycles. The topological polar surface area (TPSA) is 29.9 Å². The molecular formula is C14H27N3. The van der Waals surface area contributed by atoms with E-state index in [0.29, 0.717) is 5.92 Å². The van der Waals surface area contributed by atoms with E-state index in [1.807, 2.05) is 0 Å². The van der Waals surface area contributed by atoms with Crippen LogP contribution in [0, 0.1) is 12.8 Å². The highest BCUT2D eigenvalue weighted by atomic mass is 15.3. The fraction of sp³-hybridized carbons (Fsp3) is 0.786. The second-order valence-electron chi connectivity index (χ2n) is 6.08. The lowest BCUT2D eigenvalue weighted by molar-refractivity contribution is 0.422. The summed E-state index contributed by atoms with van der Waals surface area (Å²) in [6.45, 7) is 15.1. The summed E-state index contributed by atoms with van der Waals surface area (Å²) in [4.78, 5) is 0. The van der Waals surface area contributed by atoms with Crippen LogP contribution in [0.1, 0.15) is 52.3 Å². The molecule has 0 radical (unpaired) electrons. The van der Waals surface area contributed by atoms with Gasteiger partial charge in [0.1, 0.15) is 0 Å². The third-order valence-corrected chi connectivity index (χ3v) is 3.05. The van der Waals surface area contributed by atoms with Crippen molar-refractivity contribution < 1.29 is 0 Å². The molecule has 3 heteroatoms. The first kappa shape index (κ1) is 14.2. The molecule has 1 heterocycles. The Kier molecular flexibility index (Phi) is 4.75. The second kappa shape index (κ2) is 5.67. The van der Waals surface area contributed by atoms with E-state index in [-0.39, 0.29) is 5.54 Å². The minimum Gasteiger partial charge on any atom is -0.308 e. The maximum absolute atomic E-state index is 4.58. The number of hydrogen-bond donors (Lipinski definition) is 1. The first-order chi connectivity index (χ1) is 7.81. The predicted octanol–water partition coefficient (Wildman–Crippen LogP) is 3.13. The van der Waals surface area contributed by atoms with Crippen molar-refractivity contribution in [1.82, 2.24) is 15.1 Å². The van der Waals surface area contributed by atoms with Crippen molar-refractivity contribution >= 4 is 0 Å². The third kappa shape index (κ3) is 4.90. The highest BCUT2D eigenvalue weighted by molar-refractivity contribution is 5.15. The molecule has 1 atom stereocenters. The van der Waals surface area contributed by atoms with Gasteiger partial charge in [-0.1, -0.05) is 20.3 Å². The predicted molar refractivity (Wildman–Crippen MR) is 73.0 cm³/mol. The van der Waals surface area contributed by atoms with E-state index in [0.717, 1.165) is 18.8 Å². The summed E-state index contributed by atoms with van der Waals surface area (Å²) in [6.07, 6.45) is 3.38. The van der Waals surface area contributed by atoms with Crippen molar-refractivity contribution in [2.45, 2.75) is 66.6 Å². The average Bonchev–Trinajstić information content (AvgIpc) is 2.54. The van der Waals surface area contributed by atoms with Gasteiger partial charge in [-0.05, 0) is 33.6 Å². The summed E-state index contributed by atoms with van der Waals surface area (Å²) in [5.41, 5.74) is 2.61. The number of aromatic nitrogens is 2. The normalized spacial score (nSPS) is 14.0. The Balaban J connectivity index is 2.62. The molecule has 0 bridgehead atoms. The summed E-state index contributed by atoms with van der Waals surface area (Å²) < 4.78 is 2.09. The molecule has 1 aromatic rings. The van der Waals surface area contributed by atoms with Gasteiger partial charge in [-0.3, -0.25) is 4.68 Å². The molecule has 0 saturated heterocycles. The quantitative estimate of drug-likeness (QED) is 0.852. The van der Waals surface area contributed by atoms with Gasteiger partial charge < -0.3 is 5.32 Å². The zero-order valence-electron chi connectivity index (χ0n) is 12.2. The van der Waals surface area contributed by atoms with Crippen molar-refractivity contribution in [3.05, 3.63) is 17.5 Å². The standard InChI is InChI=1S/C14H27N3/c1-7-11(2)9-17-10-13(12(3)16-17)8-15-14(4,5)6/h10-11,15H,7-9H2,1-6H3. The molecule has 1 N–H and O–H groups in total. The van der Waals surface area contributed by atoms with Gasteiger partial charge in [-0.25, -0.2) is 0 Å². The van der Waals surface area contributed by atoms with Gasteiger partial charge >= 0.3 is 0 Å². The summed E-state index contributed by atoms with van der Waals surface area (Å²) in [5.74, 6) is 0.692. The maximum atomic E-state index is 4.58. The van der Waals surface area contributed by atoms with Crippen LogP contribution in [-0.2, 0) is 13.1 Å². The molecule has 0 aliphatic rings. The number of rotatable bonds is 5. The van der Waals surface area contributed by atoms with Gasteiger partial charge in [-0.15, -0.1) is 0 Å². The zero-order valence-corrected chi connectivity index (χ0v) is 12.2. The lowest BCUT2D eigenvalue weighted by Gasteiger charge is -2.20. The van der Waals surface area contributed by atoms with E-state index in [9.17, 15) is 0 Å². The molecule has 1 unspecified atom stereocenters. The SMILES string of the molecule is CCC(C)Cn1cc(CNC(C)(C)C)c(C)n1. The van der Waals surface area contributed by atoms with Gasteiger partial charge in [0.05, 0.1) is 5.69 Å². The average molecular weight is 237 g/mol. The van der Waals surface area contributed by atoms with Crippen LogP contribution < -0.4 is 5.32 Å². The van der Waals surface area contributed by atoms with Crippen LogP contribution in [0.25, 0.3) is 0 Å². The first-order valence-electron chi connectivity index (χ1n) is 6.59. The molecule has 1 rings (SSSR count). The van der Waals surface area contributed by atoms with Gasteiger partial charge in [0.2, 0.25) is 0 Å². The van der Waals surface area contributed by atoms with E-state index in [4.69, 9.17) is 0 Å². The number of nitrogens with one attached hydrogen (secondary N) is 1. The molecule has 0 aliphatic heterocycles. The summed E-state index contributed by atoms with van der Waals surface area (Å²) >= 11 is 0. The third-order valence-electron chi connectivity index (χ3n) is 3.05. The molecule has 0 amide bonds. The van der Waals surface area contributed by atoms with Crippen LogP contribution in [0.15, 0.2) is 6.20 Å². The van der Waals surface area contributed by atoms with Crippen molar-refractivity contribution in [3.63, 3.8) is 0 Å². The van der Waals surface area contributed by atoms with E-state index >= 15 is 0 Å². The molecule has 17 heavy (non-hydrogen) atoms. The van der Waals surface area contributed by atoms with E-state index in [1.165, 1.54) is 12.0 Å². The molecule has 0 spiro atoms. The Bertz CT molecular complexity index is 347. The number of hydrogen-bond acceptors (Lipinski definition) is 2. The fourth-order valence-electron chi connectivity index (χ4n) is 1.63. The van der Waals surface area contributed by atoms with Crippen LogP contribution in [0.2, 0.25) is 0 Å². The monoisotopic (exact) mass is 237 g/mol. The van der Waals surface area contributed by atoms with Crippen LogP contribution >= 0.6 is 0 Å². The van der Waals surface area contributed by atoms with Crippen LogP contribution in [-0.4, -0.2) is 15.3 Å². The molecule has 0 aromatic carbocycles. The van der Waals surface area contributed by atoms with E-state index < -0.39 is 0 Å². The first-order valence-corrected chi connectivity index (χ1v) is 6.59. The minimum atomic E-state index is 0.158. The fourth-order valence-corrected chi connectivity index (χ4v) is 1.63. The molecular weight excluding hydrogens is 210 g/mol. The lowest BCUT2D eigenvalue weighted by Crippen LogP contribution is -2.35. The van der Waals surface area contributed by atoms with Crippen molar-refractivity contribution in [3.8, 4) is 0 Å². The molecule has 98 valence electrons. The Morgan fingerprint density at radius 2 is 2.06 bits per heavy atom. The van der Waals surface area contributed by atoms with Gasteiger partial charge in [-0.2, -0.15) is 5.10 Å². The molecule has 0 fully saturated rings. The zero-order chi connectivity index (χ0) is 13.1. The van der Waals surface area contributed by atoms with Crippen LogP contribution in [0.3, 0.4) is 0 Å². The van der Waals surface area contributed by atoms with Crippen molar-refractivity contribution in [2.75, 3.05) is 0 Å². The Hall–Kier alpha value is -0.830. The number of aryl methyl sites for hydroxylation is 1. The highest BCUT2D eigenvalue weighted by Gasteiger charge is 2.12. The smallest absolute Gasteiger partial charge is 0.0638 e. The van der Waals surface area contributed by atoms with Crippen molar-refractivity contribution in [1.29, 1.82) is 0 Å². The van der Waals surface area contributed by atoms with Crippen LogP contribution in [0.4, 0.5) is 0 Å². The Morgan fingerprint density at radius 1 is 1.41 bits per heavy atom. The summed E-state index contributed by atoms with van der Waals surface area (Å²) in [7, 11) is 0. The summed E-state index contributed by atoms with van der Waals surface area (Å²) in [6, 6.07) is 0. The van der Waals surface area contributed by atoms with E-state index in [2.05, 4.69) is 62.8 Å². The lowest BCUT2D eigenvalue weighted by atomic mass is 10.1. The minimum absolute atomic E-state index is 0.158. The largest absolute Gasteiger partial charge is 0.308 e. The van der Waals surface area contributed by atoms with Gasteiger partial charge in [0, 0.05) is 30.4 Å². The molecule has 3 nitrogen and oxygen atoms in total. The van der Waals surface area contributed by atoms with Gasteiger partial charge in [0.25, 0.3) is 0 Å². The molecule has 0 aliphatic carbocycles. The Morgan fingerprint density at radius 3 is 2.59 bits per heavy atom. The maximum Gasteiger partial charge on any atom is 0.0638 e. The second-order valence-corrected chi connectivity index (χ2v) is 6.08. The van der Waals surface area contributed by atoms with Crippen LogP contribution in [0.5, 0.6) is 0 Å². The van der Waals surface area contributed by atoms with Gasteiger partial charge in [0.15, 0.2) is 0 Å². The number of nitrogens with zero attached hydrogens (tertiary/aromatic N) is 2. The molecule has 0 saturated carbocycles. The summed E-state index contributed by atoms with van der Waals surface area (Å²) in [5, 5.41) is 8.08. The Labute approximate surface area is 106 Å².